The van der Waals surface area contributed by atoms with E-state index in [1.54, 1.807) is 0 Å². The van der Waals surface area contributed by atoms with E-state index in [4.69, 9.17) is 5.73 Å². The molecule has 1 nitrogen and oxygen atoms in total. The summed E-state index contributed by atoms with van der Waals surface area (Å²) in [6, 6.07) is 0. The maximum absolute atomic E-state index is 5.57. The molecule has 0 aromatic carbocycles. The van der Waals surface area contributed by atoms with Crippen LogP contribution >= 0.6 is 0 Å². The van der Waals surface area contributed by atoms with E-state index in [0.29, 0.717) is 0 Å². The molecule has 2 unspecified atom stereocenters. The molecule has 0 heterocycles. The summed E-state index contributed by atoms with van der Waals surface area (Å²) in [4.78, 5) is 0. The number of hydrogen-bond donors (Lipinski definition) is 1. The van der Waals surface area contributed by atoms with Crippen LogP contribution in [0.1, 0.15) is 33.1 Å². The van der Waals surface area contributed by atoms with Gasteiger partial charge in [0.1, 0.15) is 0 Å². The van der Waals surface area contributed by atoms with Gasteiger partial charge in [-0.25, -0.2) is 0 Å². The lowest BCUT2D eigenvalue weighted by Gasteiger charge is -2.17. The summed E-state index contributed by atoms with van der Waals surface area (Å²) in [7, 11) is 0. The monoisotopic (exact) mass is 141 g/mol. The van der Waals surface area contributed by atoms with Crippen molar-refractivity contribution in [2.24, 2.45) is 23.5 Å². The van der Waals surface area contributed by atoms with Crippen LogP contribution in [-0.2, 0) is 0 Å². The fourth-order valence-corrected chi connectivity index (χ4v) is 1.34. The normalized spacial score (nSPS) is 24.3. The zero-order valence-electron chi connectivity index (χ0n) is 7.14. The third-order valence-corrected chi connectivity index (χ3v) is 2.75. The lowest BCUT2D eigenvalue weighted by Crippen LogP contribution is -2.18. The molecule has 0 saturated heterocycles. The van der Waals surface area contributed by atoms with Gasteiger partial charge in [0.25, 0.3) is 0 Å². The Kier molecular flexibility index (Phi) is 2.72. The first kappa shape index (κ1) is 8.06. The molecule has 1 rings (SSSR count). The SMILES string of the molecule is CC(CN)C(C)CC1CC1. The maximum atomic E-state index is 5.57. The summed E-state index contributed by atoms with van der Waals surface area (Å²) < 4.78 is 0. The molecule has 1 aliphatic rings. The molecule has 0 aromatic heterocycles. The lowest BCUT2D eigenvalue weighted by atomic mass is 9.91. The van der Waals surface area contributed by atoms with E-state index in [1.807, 2.05) is 0 Å². The molecule has 0 aliphatic heterocycles. The third-order valence-electron chi connectivity index (χ3n) is 2.75. The standard InChI is InChI=1S/C9H19N/c1-7(8(2)6-10)5-9-3-4-9/h7-9H,3-6,10H2,1-2H3. The molecule has 0 radical (unpaired) electrons. The molecule has 1 aliphatic carbocycles. The lowest BCUT2D eigenvalue weighted by molar-refractivity contribution is 0.356. The summed E-state index contributed by atoms with van der Waals surface area (Å²) in [5.41, 5.74) is 5.57. The van der Waals surface area contributed by atoms with Crippen LogP contribution in [0.2, 0.25) is 0 Å². The molecule has 2 atom stereocenters. The highest BCUT2D eigenvalue weighted by atomic mass is 14.5. The second kappa shape index (κ2) is 3.38. The van der Waals surface area contributed by atoms with E-state index in [9.17, 15) is 0 Å². The van der Waals surface area contributed by atoms with E-state index in [0.717, 1.165) is 24.3 Å². The number of rotatable bonds is 4. The Hall–Kier alpha value is -0.0400. The highest BCUT2D eigenvalue weighted by molar-refractivity contribution is 4.77. The summed E-state index contributed by atoms with van der Waals surface area (Å²) in [6.45, 7) is 5.44. The molecule has 0 aromatic rings. The minimum atomic E-state index is 0.723. The Labute approximate surface area is 64.0 Å². The number of hydrogen-bond acceptors (Lipinski definition) is 1. The van der Waals surface area contributed by atoms with Crippen LogP contribution in [0.4, 0.5) is 0 Å². The van der Waals surface area contributed by atoms with Crippen molar-refractivity contribution < 1.29 is 0 Å². The van der Waals surface area contributed by atoms with Crippen molar-refractivity contribution in [3.63, 3.8) is 0 Å². The number of nitrogens with two attached hydrogens (primary N) is 1. The van der Waals surface area contributed by atoms with Crippen LogP contribution in [0.15, 0.2) is 0 Å². The molecular formula is C9H19N. The zero-order chi connectivity index (χ0) is 7.56. The van der Waals surface area contributed by atoms with Gasteiger partial charge in [-0.05, 0) is 30.7 Å². The molecule has 1 heteroatoms. The smallest absolute Gasteiger partial charge is 0.00490 e. The summed E-state index contributed by atoms with van der Waals surface area (Å²) >= 11 is 0. The molecule has 2 N–H and O–H groups in total. The Bertz CT molecular complexity index is 96.9. The van der Waals surface area contributed by atoms with Crippen molar-refractivity contribution in [2.45, 2.75) is 33.1 Å². The fraction of sp³-hybridized carbons (Fsp3) is 1.00. The van der Waals surface area contributed by atoms with Crippen molar-refractivity contribution in [3.05, 3.63) is 0 Å². The summed E-state index contributed by atoms with van der Waals surface area (Å²) in [5.74, 6) is 2.63. The van der Waals surface area contributed by atoms with Crippen molar-refractivity contribution in [2.75, 3.05) is 6.54 Å². The quantitative estimate of drug-likeness (QED) is 0.637. The Morgan fingerprint density at radius 1 is 1.30 bits per heavy atom. The van der Waals surface area contributed by atoms with Gasteiger partial charge in [0.05, 0.1) is 0 Å². The molecule has 1 saturated carbocycles. The van der Waals surface area contributed by atoms with E-state index in [1.165, 1.54) is 19.3 Å². The molecule has 0 amide bonds. The Morgan fingerprint density at radius 2 is 1.90 bits per heavy atom. The van der Waals surface area contributed by atoms with Gasteiger partial charge in [-0.3, -0.25) is 0 Å². The predicted octanol–water partition coefficient (Wildman–Crippen LogP) is 2.02. The van der Waals surface area contributed by atoms with Gasteiger partial charge in [0, 0.05) is 0 Å². The molecule has 0 spiro atoms. The van der Waals surface area contributed by atoms with Crippen molar-refractivity contribution >= 4 is 0 Å². The first-order valence-electron chi connectivity index (χ1n) is 4.44. The van der Waals surface area contributed by atoms with Crippen molar-refractivity contribution in [3.8, 4) is 0 Å². The molecule has 0 bridgehead atoms. The highest BCUT2D eigenvalue weighted by Crippen LogP contribution is 2.36. The van der Waals surface area contributed by atoms with Gasteiger partial charge < -0.3 is 5.73 Å². The first-order chi connectivity index (χ1) is 4.74. The molecular weight excluding hydrogens is 122 g/mol. The second-order valence-electron chi connectivity index (χ2n) is 3.87. The van der Waals surface area contributed by atoms with Gasteiger partial charge >= 0.3 is 0 Å². The Morgan fingerprint density at radius 3 is 2.30 bits per heavy atom. The van der Waals surface area contributed by atoms with Crippen LogP contribution in [-0.4, -0.2) is 6.54 Å². The molecule has 10 heavy (non-hydrogen) atoms. The van der Waals surface area contributed by atoms with Crippen LogP contribution in [0.3, 0.4) is 0 Å². The fourth-order valence-electron chi connectivity index (χ4n) is 1.34. The van der Waals surface area contributed by atoms with Crippen molar-refractivity contribution in [1.82, 2.24) is 0 Å². The third kappa shape index (κ3) is 2.30. The minimum absolute atomic E-state index is 0.723. The predicted molar refractivity (Wildman–Crippen MR) is 44.7 cm³/mol. The van der Waals surface area contributed by atoms with E-state index >= 15 is 0 Å². The van der Waals surface area contributed by atoms with Gasteiger partial charge in [-0.1, -0.05) is 26.7 Å². The summed E-state index contributed by atoms with van der Waals surface area (Å²) in [6.07, 6.45) is 4.36. The molecule has 60 valence electrons. The summed E-state index contributed by atoms with van der Waals surface area (Å²) in [5, 5.41) is 0. The maximum Gasteiger partial charge on any atom is -0.00490 e. The van der Waals surface area contributed by atoms with Crippen LogP contribution in [0, 0.1) is 17.8 Å². The van der Waals surface area contributed by atoms with E-state index in [-0.39, 0.29) is 0 Å². The van der Waals surface area contributed by atoms with E-state index < -0.39 is 0 Å². The second-order valence-corrected chi connectivity index (χ2v) is 3.87. The Balaban J connectivity index is 2.11. The van der Waals surface area contributed by atoms with Gasteiger partial charge in [-0.15, -0.1) is 0 Å². The highest BCUT2D eigenvalue weighted by Gasteiger charge is 2.25. The van der Waals surface area contributed by atoms with Crippen LogP contribution in [0.25, 0.3) is 0 Å². The average molecular weight is 141 g/mol. The van der Waals surface area contributed by atoms with Gasteiger partial charge in [-0.2, -0.15) is 0 Å². The molecule has 1 fully saturated rings. The van der Waals surface area contributed by atoms with Gasteiger partial charge in [0.2, 0.25) is 0 Å². The zero-order valence-corrected chi connectivity index (χ0v) is 7.14. The van der Waals surface area contributed by atoms with Crippen LogP contribution in [0.5, 0.6) is 0 Å². The minimum Gasteiger partial charge on any atom is -0.330 e. The van der Waals surface area contributed by atoms with Crippen molar-refractivity contribution in [1.29, 1.82) is 0 Å². The largest absolute Gasteiger partial charge is 0.330 e. The first-order valence-corrected chi connectivity index (χ1v) is 4.44. The van der Waals surface area contributed by atoms with E-state index in [2.05, 4.69) is 13.8 Å². The topological polar surface area (TPSA) is 26.0 Å². The van der Waals surface area contributed by atoms with Crippen LogP contribution < -0.4 is 5.73 Å². The van der Waals surface area contributed by atoms with Gasteiger partial charge in [0.15, 0.2) is 0 Å². The average Bonchev–Trinajstić information content (AvgIpc) is 2.70.